The summed E-state index contributed by atoms with van der Waals surface area (Å²) in [4.78, 5) is 8.36. The molecule has 2 aromatic heterocycles. The normalized spacial score (nSPS) is 10.8. The highest BCUT2D eigenvalue weighted by molar-refractivity contribution is 6.31. The molecule has 16 heavy (non-hydrogen) atoms. The summed E-state index contributed by atoms with van der Waals surface area (Å²) in [5.41, 5.74) is 2.47. The second kappa shape index (κ2) is 4.39. The summed E-state index contributed by atoms with van der Waals surface area (Å²) >= 11 is 11.7. The van der Waals surface area contributed by atoms with Crippen molar-refractivity contribution in [2.75, 3.05) is 0 Å². The van der Waals surface area contributed by atoms with Gasteiger partial charge in [0.05, 0.1) is 22.3 Å². The predicted molar refractivity (Wildman–Crippen MR) is 63.2 cm³/mol. The monoisotopic (exact) mass is 256 g/mol. The Morgan fingerprint density at radius 1 is 1.25 bits per heavy atom. The molecule has 0 atom stereocenters. The van der Waals surface area contributed by atoms with E-state index < -0.39 is 0 Å². The molecule has 0 fully saturated rings. The molecule has 2 heterocycles. The van der Waals surface area contributed by atoms with E-state index in [1.54, 1.807) is 17.1 Å². The summed E-state index contributed by atoms with van der Waals surface area (Å²) in [5, 5.41) is 4.91. The van der Waals surface area contributed by atoms with Gasteiger partial charge < -0.3 is 0 Å². The fraction of sp³-hybridized carbons (Fsp3) is 0.300. The van der Waals surface area contributed by atoms with E-state index in [9.17, 15) is 0 Å². The maximum absolute atomic E-state index is 6.05. The number of aryl methyl sites for hydroxylation is 1. The third-order valence-corrected chi connectivity index (χ3v) is 3.09. The van der Waals surface area contributed by atoms with E-state index in [4.69, 9.17) is 23.2 Å². The van der Waals surface area contributed by atoms with E-state index in [-0.39, 0.29) is 0 Å². The zero-order valence-electron chi connectivity index (χ0n) is 8.91. The minimum Gasteiger partial charge on any atom is -0.219 e. The van der Waals surface area contributed by atoms with Crippen LogP contribution < -0.4 is 0 Å². The highest BCUT2D eigenvalue weighted by Crippen LogP contribution is 2.20. The third kappa shape index (κ3) is 1.90. The number of aromatic nitrogens is 4. The van der Waals surface area contributed by atoms with Crippen LogP contribution >= 0.6 is 23.2 Å². The Balaban J connectivity index is 2.46. The van der Waals surface area contributed by atoms with Crippen LogP contribution in [0.1, 0.15) is 17.0 Å². The van der Waals surface area contributed by atoms with E-state index in [1.807, 2.05) is 13.8 Å². The van der Waals surface area contributed by atoms with E-state index in [2.05, 4.69) is 15.1 Å². The zero-order chi connectivity index (χ0) is 11.7. The molecule has 84 valence electrons. The largest absolute Gasteiger partial charge is 0.250 e. The SMILES string of the molecule is Cc1nn(-c2ncc(CCl)cn2)c(C)c1Cl. The lowest BCUT2D eigenvalue weighted by atomic mass is 10.4. The molecule has 0 spiro atoms. The van der Waals surface area contributed by atoms with Gasteiger partial charge in [0.2, 0.25) is 0 Å². The van der Waals surface area contributed by atoms with Crippen LogP contribution in [0.2, 0.25) is 5.02 Å². The molecule has 0 unspecified atom stereocenters. The fourth-order valence-electron chi connectivity index (χ4n) is 1.34. The second-order valence-corrected chi connectivity index (χ2v) is 4.07. The van der Waals surface area contributed by atoms with Crippen LogP contribution in [-0.4, -0.2) is 19.7 Å². The van der Waals surface area contributed by atoms with Crippen molar-refractivity contribution >= 4 is 23.2 Å². The van der Waals surface area contributed by atoms with Crippen molar-refractivity contribution in [2.45, 2.75) is 19.7 Å². The van der Waals surface area contributed by atoms with E-state index in [0.717, 1.165) is 17.0 Å². The summed E-state index contributed by atoms with van der Waals surface area (Å²) in [5.74, 6) is 0.902. The van der Waals surface area contributed by atoms with Crippen molar-refractivity contribution in [2.24, 2.45) is 0 Å². The molecule has 0 radical (unpaired) electrons. The molecule has 0 saturated carbocycles. The Labute approximate surface area is 103 Å². The van der Waals surface area contributed by atoms with Crippen molar-refractivity contribution < 1.29 is 0 Å². The topological polar surface area (TPSA) is 43.6 Å². The highest BCUT2D eigenvalue weighted by Gasteiger charge is 2.12. The summed E-state index contributed by atoms with van der Waals surface area (Å²) in [6.45, 7) is 3.72. The average molecular weight is 257 g/mol. The minimum atomic E-state index is 0.401. The summed E-state index contributed by atoms with van der Waals surface area (Å²) < 4.78 is 1.62. The van der Waals surface area contributed by atoms with Gasteiger partial charge in [-0.1, -0.05) is 11.6 Å². The summed E-state index contributed by atoms with van der Waals surface area (Å²) in [7, 11) is 0. The Bertz CT molecular complexity index is 504. The Morgan fingerprint density at radius 3 is 2.31 bits per heavy atom. The molecule has 0 aromatic carbocycles. The first-order valence-corrected chi connectivity index (χ1v) is 5.63. The van der Waals surface area contributed by atoms with Crippen molar-refractivity contribution in [3.05, 3.63) is 34.4 Å². The summed E-state index contributed by atoms with van der Waals surface area (Å²) in [6.07, 6.45) is 3.36. The maximum atomic E-state index is 6.05. The van der Waals surface area contributed by atoms with Crippen LogP contribution in [0.4, 0.5) is 0 Å². The third-order valence-electron chi connectivity index (χ3n) is 2.24. The smallest absolute Gasteiger partial charge is 0.219 e. The lowest BCUT2D eigenvalue weighted by Crippen LogP contribution is -2.04. The highest BCUT2D eigenvalue weighted by atomic mass is 35.5. The van der Waals surface area contributed by atoms with Gasteiger partial charge in [-0.15, -0.1) is 11.6 Å². The van der Waals surface area contributed by atoms with Crippen LogP contribution in [0.15, 0.2) is 12.4 Å². The van der Waals surface area contributed by atoms with Gasteiger partial charge in [0.1, 0.15) is 0 Å². The molecule has 0 amide bonds. The molecule has 0 aliphatic heterocycles. The van der Waals surface area contributed by atoms with Gasteiger partial charge in [0.25, 0.3) is 5.95 Å². The fourth-order valence-corrected chi connectivity index (χ4v) is 1.60. The van der Waals surface area contributed by atoms with Gasteiger partial charge in [0, 0.05) is 18.0 Å². The van der Waals surface area contributed by atoms with Gasteiger partial charge in [-0.2, -0.15) is 5.10 Å². The van der Waals surface area contributed by atoms with Crippen molar-refractivity contribution in [3.63, 3.8) is 0 Å². The lowest BCUT2D eigenvalue weighted by molar-refractivity contribution is 0.771. The molecule has 0 aliphatic carbocycles. The van der Waals surface area contributed by atoms with Crippen LogP contribution in [0.5, 0.6) is 0 Å². The minimum absolute atomic E-state index is 0.401. The van der Waals surface area contributed by atoms with E-state index in [1.165, 1.54) is 0 Å². The number of nitrogens with zero attached hydrogens (tertiary/aromatic N) is 4. The molecule has 0 N–H and O–H groups in total. The van der Waals surface area contributed by atoms with Crippen LogP contribution in [0, 0.1) is 13.8 Å². The molecule has 0 bridgehead atoms. The van der Waals surface area contributed by atoms with E-state index >= 15 is 0 Å². The second-order valence-electron chi connectivity index (χ2n) is 3.42. The molecule has 2 rings (SSSR count). The number of rotatable bonds is 2. The first-order chi connectivity index (χ1) is 7.63. The molecule has 0 saturated heterocycles. The maximum Gasteiger partial charge on any atom is 0.250 e. The molecule has 0 aliphatic rings. The average Bonchev–Trinajstić information content (AvgIpc) is 2.57. The Morgan fingerprint density at radius 2 is 1.88 bits per heavy atom. The Kier molecular flexibility index (Phi) is 3.12. The first kappa shape index (κ1) is 11.4. The number of hydrogen-bond donors (Lipinski definition) is 0. The van der Waals surface area contributed by atoms with Crippen molar-refractivity contribution in [1.82, 2.24) is 19.7 Å². The molecular formula is C10H10Cl2N4. The van der Waals surface area contributed by atoms with Gasteiger partial charge >= 0.3 is 0 Å². The van der Waals surface area contributed by atoms with Gasteiger partial charge in [0.15, 0.2) is 0 Å². The first-order valence-electron chi connectivity index (χ1n) is 4.72. The van der Waals surface area contributed by atoms with Crippen LogP contribution in [0.25, 0.3) is 5.95 Å². The Hall–Kier alpha value is -1.13. The number of hydrogen-bond acceptors (Lipinski definition) is 3. The molecule has 4 nitrogen and oxygen atoms in total. The van der Waals surface area contributed by atoms with Crippen LogP contribution in [-0.2, 0) is 5.88 Å². The number of alkyl halides is 1. The quantitative estimate of drug-likeness (QED) is 0.777. The standard InChI is InChI=1S/C10H10Cl2N4/c1-6-9(12)7(2)16(15-6)10-13-4-8(3-11)5-14-10/h4-5H,3H2,1-2H3. The van der Waals surface area contributed by atoms with Gasteiger partial charge in [-0.3, -0.25) is 0 Å². The number of halogens is 2. The lowest BCUT2D eigenvalue weighted by Gasteiger charge is -2.02. The van der Waals surface area contributed by atoms with Gasteiger partial charge in [-0.25, -0.2) is 14.6 Å². The van der Waals surface area contributed by atoms with E-state index in [0.29, 0.717) is 16.9 Å². The molecule has 2 aromatic rings. The van der Waals surface area contributed by atoms with Crippen molar-refractivity contribution in [3.8, 4) is 5.95 Å². The zero-order valence-corrected chi connectivity index (χ0v) is 10.4. The molecule has 6 heteroatoms. The summed E-state index contributed by atoms with van der Waals surface area (Å²) in [6, 6.07) is 0. The molecular weight excluding hydrogens is 247 g/mol. The van der Waals surface area contributed by atoms with Gasteiger partial charge in [-0.05, 0) is 13.8 Å². The predicted octanol–water partition coefficient (Wildman–Crippen LogP) is 2.67. The van der Waals surface area contributed by atoms with Crippen LogP contribution in [0.3, 0.4) is 0 Å². The van der Waals surface area contributed by atoms with Crippen molar-refractivity contribution in [1.29, 1.82) is 0 Å².